The predicted octanol–water partition coefficient (Wildman–Crippen LogP) is 2.11. The fraction of sp³-hybridized carbons (Fsp3) is 0.273. The maximum Gasteiger partial charge on any atom is 0.325 e. The molecule has 2 aromatic rings. The Morgan fingerprint density at radius 1 is 0.867 bits per heavy atom. The van der Waals surface area contributed by atoms with Gasteiger partial charge in [0.1, 0.15) is 6.54 Å². The predicted molar refractivity (Wildman–Crippen MR) is 112 cm³/mol. The van der Waals surface area contributed by atoms with E-state index in [-0.39, 0.29) is 5.92 Å². The van der Waals surface area contributed by atoms with Crippen LogP contribution in [0.2, 0.25) is 0 Å². The molecule has 0 aromatic heterocycles. The summed E-state index contributed by atoms with van der Waals surface area (Å²) in [5, 5.41) is 6.98. The van der Waals surface area contributed by atoms with E-state index in [0.29, 0.717) is 12.1 Å². The molecule has 0 saturated carbocycles. The van der Waals surface area contributed by atoms with Gasteiger partial charge < -0.3 is 15.4 Å². The molecule has 0 bridgehead atoms. The first kappa shape index (κ1) is 22.6. The lowest BCUT2D eigenvalue weighted by Gasteiger charge is -2.09. The second-order valence-corrected chi connectivity index (χ2v) is 6.94. The Kier molecular flexibility index (Phi) is 8.56. The number of urea groups is 1. The Hall–Kier alpha value is -3.68. The minimum atomic E-state index is -0.790. The molecule has 0 aliphatic heterocycles. The highest BCUT2D eigenvalue weighted by Crippen LogP contribution is 2.19. The first-order valence-electron chi connectivity index (χ1n) is 9.52. The molecule has 0 radical (unpaired) electrons. The largest absolute Gasteiger partial charge is 0.454 e. The summed E-state index contributed by atoms with van der Waals surface area (Å²) in [5.74, 6) is -1.75. The van der Waals surface area contributed by atoms with E-state index >= 15 is 0 Å². The van der Waals surface area contributed by atoms with Crippen molar-refractivity contribution < 1.29 is 23.9 Å². The average Bonchev–Trinajstić information content (AvgIpc) is 2.75. The highest BCUT2D eigenvalue weighted by Gasteiger charge is 2.13. The van der Waals surface area contributed by atoms with Gasteiger partial charge in [-0.15, -0.1) is 0 Å². The van der Waals surface area contributed by atoms with Crippen molar-refractivity contribution in [1.29, 1.82) is 0 Å². The number of benzene rings is 2. The molecule has 0 spiro atoms. The van der Waals surface area contributed by atoms with Crippen molar-refractivity contribution in [3.63, 3.8) is 0 Å². The van der Waals surface area contributed by atoms with Gasteiger partial charge in [-0.05, 0) is 29.2 Å². The zero-order valence-corrected chi connectivity index (χ0v) is 16.9. The molecule has 2 rings (SSSR count). The molecule has 0 saturated heterocycles. The topological polar surface area (TPSA) is 114 Å². The van der Waals surface area contributed by atoms with E-state index in [4.69, 9.17) is 4.74 Å². The fourth-order valence-corrected chi connectivity index (χ4v) is 2.40. The maximum absolute atomic E-state index is 12.2. The molecule has 3 N–H and O–H groups in total. The van der Waals surface area contributed by atoms with Crippen molar-refractivity contribution >= 4 is 23.8 Å². The summed E-state index contributed by atoms with van der Waals surface area (Å²) < 4.78 is 4.75. The third-order valence-corrected chi connectivity index (χ3v) is 3.94. The van der Waals surface area contributed by atoms with Gasteiger partial charge in [-0.3, -0.25) is 19.7 Å². The van der Waals surface area contributed by atoms with Crippen LogP contribution in [0, 0.1) is 5.92 Å². The second kappa shape index (κ2) is 11.4. The molecule has 8 heteroatoms. The highest BCUT2D eigenvalue weighted by molar-refractivity contribution is 5.97. The van der Waals surface area contributed by atoms with Gasteiger partial charge in [0.25, 0.3) is 11.8 Å². The Balaban J connectivity index is 1.72. The van der Waals surface area contributed by atoms with Gasteiger partial charge >= 0.3 is 12.0 Å². The van der Waals surface area contributed by atoms with E-state index in [0.717, 1.165) is 11.1 Å². The molecule has 0 aliphatic rings. The van der Waals surface area contributed by atoms with E-state index in [1.165, 1.54) is 0 Å². The molecular weight excluding hydrogens is 386 g/mol. The fourth-order valence-electron chi connectivity index (χ4n) is 2.40. The Bertz CT molecular complexity index is 879. The summed E-state index contributed by atoms with van der Waals surface area (Å²) in [6, 6.07) is 16.0. The number of rotatable bonds is 8. The van der Waals surface area contributed by atoms with E-state index in [9.17, 15) is 19.2 Å². The van der Waals surface area contributed by atoms with Crippen LogP contribution in [0.1, 0.15) is 24.2 Å². The number of amides is 4. The summed E-state index contributed by atoms with van der Waals surface area (Å²) in [6.07, 6.45) is 0. The summed E-state index contributed by atoms with van der Waals surface area (Å²) in [5.41, 5.74) is 2.39. The molecule has 2 aromatic carbocycles. The molecule has 0 unspecified atom stereocenters. The number of imide groups is 1. The molecule has 158 valence electrons. The smallest absolute Gasteiger partial charge is 0.325 e. The average molecular weight is 411 g/mol. The quantitative estimate of drug-likeness (QED) is 0.576. The summed E-state index contributed by atoms with van der Waals surface area (Å²) in [6.45, 7) is 3.23. The van der Waals surface area contributed by atoms with Crippen LogP contribution in [0.5, 0.6) is 0 Å². The lowest BCUT2D eigenvalue weighted by molar-refractivity contribution is -0.147. The molecule has 8 nitrogen and oxygen atoms in total. The minimum Gasteiger partial charge on any atom is -0.454 e. The van der Waals surface area contributed by atoms with E-state index < -0.39 is 37.0 Å². The standard InChI is InChI=1S/C22H25N3O5/c1-15(2)12-24-22(29)25-19(26)14-30-20(27)13-23-21(28)18-10-8-17(9-11-18)16-6-4-3-5-7-16/h3-11,15H,12-14H2,1-2H3,(H,23,28)(H2,24,25,26,29). The van der Waals surface area contributed by atoms with Gasteiger partial charge in [0.05, 0.1) is 0 Å². The van der Waals surface area contributed by atoms with Crippen molar-refractivity contribution in [1.82, 2.24) is 16.0 Å². The molecular formula is C22H25N3O5. The number of esters is 1. The van der Waals surface area contributed by atoms with Crippen LogP contribution < -0.4 is 16.0 Å². The molecule has 0 atom stereocenters. The van der Waals surface area contributed by atoms with Crippen molar-refractivity contribution in [2.24, 2.45) is 5.92 Å². The van der Waals surface area contributed by atoms with Crippen LogP contribution >= 0.6 is 0 Å². The van der Waals surface area contributed by atoms with Crippen LogP contribution in [-0.4, -0.2) is 43.5 Å². The van der Waals surface area contributed by atoms with Crippen molar-refractivity contribution in [2.45, 2.75) is 13.8 Å². The summed E-state index contributed by atoms with van der Waals surface area (Å²) in [7, 11) is 0. The lowest BCUT2D eigenvalue weighted by atomic mass is 10.0. The number of ether oxygens (including phenoxy) is 1. The SMILES string of the molecule is CC(C)CNC(=O)NC(=O)COC(=O)CNC(=O)c1ccc(-c2ccccc2)cc1. The Morgan fingerprint density at radius 3 is 2.13 bits per heavy atom. The van der Waals surface area contributed by atoms with Gasteiger partial charge in [-0.25, -0.2) is 4.79 Å². The zero-order valence-electron chi connectivity index (χ0n) is 16.9. The van der Waals surface area contributed by atoms with E-state index in [1.54, 1.807) is 12.1 Å². The number of carbonyl (C=O) groups is 4. The summed E-state index contributed by atoms with van der Waals surface area (Å²) >= 11 is 0. The molecule has 0 aliphatic carbocycles. The van der Waals surface area contributed by atoms with Gasteiger partial charge in [0, 0.05) is 12.1 Å². The number of nitrogens with one attached hydrogen (secondary N) is 3. The second-order valence-electron chi connectivity index (χ2n) is 6.94. The van der Waals surface area contributed by atoms with Crippen LogP contribution in [-0.2, 0) is 14.3 Å². The van der Waals surface area contributed by atoms with Gasteiger partial charge in [0.2, 0.25) is 0 Å². The van der Waals surface area contributed by atoms with Gasteiger partial charge in [0.15, 0.2) is 6.61 Å². The third-order valence-electron chi connectivity index (χ3n) is 3.94. The van der Waals surface area contributed by atoms with Gasteiger partial charge in [-0.1, -0.05) is 56.3 Å². The van der Waals surface area contributed by atoms with Crippen molar-refractivity contribution in [2.75, 3.05) is 19.7 Å². The number of carbonyl (C=O) groups excluding carboxylic acids is 4. The van der Waals surface area contributed by atoms with E-state index in [1.807, 2.05) is 61.6 Å². The lowest BCUT2D eigenvalue weighted by Crippen LogP contribution is -2.43. The first-order chi connectivity index (χ1) is 14.3. The monoisotopic (exact) mass is 411 g/mol. The Labute approximate surface area is 175 Å². The van der Waals surface area contributed by atoms with Crippen molar-refractivity contribution in [3.05, 3.63) is 60.2 Å². The normalized spacial score (nSPS) is 10.2. The third kappa shape index (κ3) is 7.75. The molecule has 0 heterocycles. The zero-order chi connectivity index (χ0) is 21.9. The van der Waals surface area contributed by atoms with Gasteiger partial charge in [-0.2, -0.15) is 0 Å². The molecule has 4 amide bonds. The first-order valence-corrected chi connectivity index (χ1v) is 9.52. The summed E-state index contributed by atoms with van der Waals surface area (Å²) in [4.78, 5) is 46.9. The van der Waals surface area contributed by atoms with E-state index in [2.05, 4.69) is 10.6 Å². The highest BCUT2D eigenvalue weighted by atomic mass is 16.5. The Morgan fingerprint density at radius 2 is 1.50 bits per heavy atom. The van der Waals surface area contributed by atoms with Crippen LogP contribution in [0.25, 0.3) is 11.1 Å². The van der Waals surface area contributed by atoms with Crippen molar-refractivity contribution in [3.8, 4) is 11.1 Å². The van der Waals surface area contributed by atoms with Crippen LogP contribution in [0.4, 0.5) is 4.79 Å². The number of hydrogen-bond acceptors (Lipinski definition) is 5. The van der Waals surface area contributed by atoms with Crippen LogP contribution in [0.3, 0.4) is 0 Å². The molecule has 0 fully saturated rings. The minimum absolute atomic E-state index is 0.238. The molecule has 30 heavy (non-hydrogen) atoms. The number of hydrogen-bond donors (Lipinski definition) is 3. The maximum atomic E-state index is 12.2. The van der Waals surface area contributed by atoms with Crippen LogP contribution in [0.15, 0.2) is 54.6 Å².